The third kappa shape index (κ3) is 5.05. The summed E-state index contributed by atoms with van der Waals surface area (Å²) in [5, 5.41) is 2.47. The van der Waals surface area contributed by atoms with Gasteiger partial charge in [0, 0.05) is 6.07 Å². The Morgan fingerprint density at radius 1 is 1.36 bits per heavy atom. The summed E-state index contributed by atoms with van der Waals surface area (Å²) in [6.07, 6.45) is 0.320. The minimum atomic E-state index is -0.638. The minimum absolute atomic E-state index is 0. The number of amides is 1. The average Bonchev–Trinajstić information content (AvgIpc) is 2.90. The molecule has 2 rings (SSSR count). The lowest BCUT2D eigenvalue weighted by Gasteiger charge is -2.10. The Balaban J connectivity index is 0.00000242. The number of hydrogen-bond acceptors (Lipinski definition) is 3. The number of anilines is 1. The van der Waals surface area contributed by atoms with E-state index in [4.69, 9.17) is 16.2 Å². The van der Waals surface area contributed by atoms with Gasteiger partial charge in [-0.3, -0.25) is 9.79 Å². The molecule has 2 atom stereocenters. The van der Waals surface area contributed by atoms with Crippen LogP contribution >= 0.6 is 24.0 Å². The molecule has 1 aromatic carbocycles. The first-order valence-corrected chi connectivity index (χ1v) is 6.42. The highest BCUT2D eigenvalue weighted by atomic mass is 127. The predicted octanol–water partition coefficient (Wildman–Crippen LogP) is 1.34. The number of halogens is 3. The van der Waals surface area contributed by atoms with E-state index in [9.17, 15) is 13.6 Å². The maximum atomic E-state index is 13.4. The van der Waals surface area contributed by atoms with Crippen molar-refractivity contribution < 1.29 is 18.3 Å². The van der Waals surface area contributed by atoms with Crippen molar-refractivity contribution in [1.29, 1.82) is 0 Å². The number of nitrogens with two attached hydrogens (primary N) is 2. The molecule has 1 amide bonds. The zero-order chi connectivity index (χ0) is 15.4. The van der Waals surface area contributed by atoms with E-state index in [0.717, 1.165) is 18.2 Å². The molecule has 0 aromatic heterocycles. The van der Waals surface area contributed by atoms with Gasteiger partial charge in [0.05, 0.1) is 18.3 Å². The van der Waals surface area contributed by atoms with Crippen LogP contribution in [0.5, 0.6) is 0 Å². The minimum Gasteiger partial charge on any atom is -0.370 e. The molecular formula is C13H17F2IN4O2. The zero-order valence-corrected chi connectivity index (χ0v) is 13.9. The number of guanidine groups is 1. The lowest BCUT2D eigenvalue weighted by atomic mass is 10.2. The largest absolute Gasteiger partial charge is 0.370 e. The Morgan fingerprint density at radius 3 is 2.73 bits per heavy atom. The number of hydrogen-bond donors (Lipinski definition) is 3. The van der Waals surface area contributed by atoms with Gasteiger partial charge in [-0.25, -0.2) is 8.78 Å². The lowest BCUT2D eigenvalue weighted by Crippen LogP contribution is -2.29. The smallest absolute Gasteiger partial charge is 0.246 e. The van der Waals surface area contributed by atoms with Crippen LogP contribution in [0.4, 0.5) is 14.5 Å². The molecule has 5 N–H and O–H groups in total. The van der Waals surface area contributed by atoms with Gasteiger partial charge in [0.2, 0.25) is 5.91 Å². The van der Waals surface area contributed by atoms with Crippen molar-refractivity contribution in [1.82, 2.24) is 0 Å². The first kappa shape index (κ1) is 18.6. The van der Waals surface area contributed by atoms with E-state index in [-0.39, 0.29) is 48.3 Å². The fourth-order valence-corrected chi connectivity index (χ4v) is 2.02. The Kier molecular flexibility index (Phi) is 6.94. The highest BCUT2D eigenvalue weighted by Gasteiger charge is 2.28. The number of benzene rings is 1. The summed E-state index contributed by atoms with van der Waals surface area (Å²) in [6, 6.07) is 2.97. The molecule has 9 heteroatoms. The van der Waals surface area contributed by atoms with Crippen LogP contribution in [-0.4, -0.2) is 30.6 Å². The summed E-state index contributed by atoms with van der Waals surface area (Å²) < 4.78 is 31.8. The standard InChI is InChI=1S/C13H16F2N4O2.HI/c14-7-1-3-9(15)10(5-7)19-13(17)18-6-8-2-4-11(21-8)12(16)20;/h1,3,5,8,11H,2,4,6H2,(H2,16,20)(H3,17,18,19);1H. The number of carbonyl (C=O) groups excluding carboxylic acids is 1. The summed E-state index contributed by atoms with van der Waals surface area (Å²) in [6.45, 7) is 0.208. The highest BCUT2D eigenvalue weighted by molar-refractivity contribution is 14.0. The van der Waals surface area contributed by atoms with Crippen molar-refractivity contribution in [3.05, 3.63) is 29.8 Å². The van der Waals surface area contributed by atoms with Gasteiger partial charge in [0.1, 0.15) is 17.7 Å². The molecule has 0 spiro atoms. The molecule has 0 aliphatic carbocycles. The van der Waals surface area contributed by atoms with Crippen LogP contribution in [0.15, 0.2) is 23.2 Å². The maximum Gasteiger partial charge on any atom is 0.246 e. The van der Waals surface area contributed by atoms with E-state index >= 15 is 0 Å². The number of nitrogens with one attached hydrogen (secondary N) is 1. The molecule has 1 heterocycles. The third-order valence-electron chi connectivity index (χ3n) is 3.08. The van der Waals surface area contributed by atoms with Crippen LogP contribution in [0.3, 0.4) is 0 Å². The summed E-state index contributed by atoms with van der Waals surface area (Å²) in [5.74, 6) is -1.80. The second-order valence-corrected chi connectivity index (χ2v) is 4.70. The van der Waals surface area contributed by atoms with Crippen LogP contribution in [0.2, 0.25) is 0 Å². The molecule has 1 fully saturated rings. The van der Waals surface area contributed by atoms with Gasteiger partial charge in [0.25, 0.3) is 0 Å². The van der Waals surface area contributed by atoms with E-state index in [1.165, 1.54) is 0 Å². The molecule has 122 valence electrons. The molecule has 0 radical (unpaired) electrons. The second-order valence-electron chi connectivity index (χ2n) is 4.70. The van der Waals surface area contributed by atoms with E-state index in [2.05, 4.69) is 10.3 Å². The number of ether oxygens (including phenoxy) is 1. The molecule has 22 heavy (non-hydrogen) atoms. The van der Waals surface area contributed by atoms with Crippen molar-refractivity contribution in [2.75, 3.05) is 11.9 Å². The van der Waals surface area contributed by atoms with Crippen LogP contribution in [-0.2, 0) is 9.53 Å². The van der Waals surface area contributed by atoms with Gasteiger partial charge in [0.15, 0.2) is 5.96 Å². The van der Waals surface area contributed by atoms with Crippen LogP contribution in [0.25, 0.3) is 0 Å². The normalized spacial score (nSPS) is 21.3. The van der Waals surface area contributed by atoms with Crippen molar-refractivity contribution in [3.8, 4) is 0 Å². The van der Waals surface area contributed by atoms with Crippen molar-refractivity contribution in [3.63, 3.8) is 0 Å². The number of nitrogens with zero attached hydrogens (tertiary/aromatic N) is 1. The van der Waals surface area contributed by atoms with Crippen molar-refractivity contribution in [2.24, 2.45) is 16.5 Å². The van der Waals surface area contributed by atoms with Crippen molar-refractivity contribution in [2.45, 2.75) is 25.0 Å². The molecule has 0 bridgehead atoms. The first-order valence-electron chi connectivity index (χ1n) is 6.42. The molecule has 1 aliphatic heterocycles. The third-order valence-corrected chi connectivity index (χ3v) is 3.08. The number of aliphatic imine (C=N–C) groups is 1. The molecule has 1 aromatic rings. The van der Waals surface area contributed by atoms with Gasteiger partial charge in [-0.05, 0) is 25.0 Å². The summed E-state index contributed by atoms with van der Waals surface area (Å²) in [4.78, 5) is 14.9. The molecule has 1 saturated heterocycles. The monoisotopic (exact) mass is 426 g/mol. The number of primary amides is 1. The van der Waals surface area contributed by atoms with Gasteiger partial charge in [-0.1, -0.05) is 0 Å². The van der Waals surface area contributed by atoms with Gasteiger partial charge in [-0.15, -0.1) is 24.0 Å². The maximum absolute atomic E-state index is 13.4. The Bertz CT molecular complexity index is 571. The summed E-state index contributed by atoms with van der Waals surface area (Å²) in [5.41, 5.74) is 10.6. The predicted molar refractivity (Wildman–Crippen MR) is 89.0 cm³/mol. The molecular weight excluding hydrogens is 409 g/mol. The Labute approximate surface area is 143 Å². The fourth-order valence-electron chi connectivity index (χ4n) is 2.02. The van der Waals surface area contributed by atoms with E-state index in [1.807, 2.05) is 0 Å². The lowest BCUT2D eigenvalue weighted by molar-refractivity contribution is -0.128. The Morgan fingerprint density at radius 2 is 2.09 bits per heavy atom. The molecule has 6 nitrogen and oxygen atoms in total. The summed E-state index contributed by atoms with van der Waals surface area (Å²) in [7, 11) is 0. The van der Waals surface area contributed by atoms with Crippen LogP contribution in [0, 0.1) is 11.6 Å². The SMILES string of the molecule is I.NC(=O)C1CCC(CN=C(N)Nc2cc(F)ccc2F)O1. The van der Waals surface area contributed by atoms with Gasteiger partial charge in [-0.2, -0.15) is 0 Å². The Hall–Kier alpha value is -1.49. The first-order chi connectivity index (χ1) is 9.95. The number of carbonyl (C=O) groups is 1. The molecule has 1 aliphatic rings. The van der Waals surface area contributed by atoms with E-state index < -0.39 is 23.6 Å². The average molecular weight is 426 g/mol. The van der Waals surface area contributed by atoms with Gasteiger partial charge >= 0.3 is 0 Å². The highest BCUT2D eigenvalue weighted by Crippen LogP contribution is 2.19. The second kappa shape index (κ2) is 8.22. The van der Waals surface area contributed by atoms with Crippen LogP contribution in [0.1, 0.15) is 12.8 Å². The summed E-state index contributed by atoms with van der Waals surface area (Å²) >= 11 is 0. The number of rotatable bonds is 4. The quantitative estimate of drug-likeness (QED) is 0.384. The zero-order valence-electron chi connectivity index (χ0n) is 11.6. The van der Waals surface area contributed by atoms with Crippen molar-refractivity contribution >= 4 is 41.5 Å². The fraction of sp³-hybridized carbons (Fsp3) is 0.385. The van der Waals surface area contributed by atoms with E-state index in [1.54, 1.807) is 0 Å². The molecule has 0 saturated carbocycles. The van der Waals surface area contributed by atoms with Gasteiger partial charge < -0.3 is 21.5 Å². The van der Waals surface area contributed by atoms with Crippen LogP contribution < -0.4 is 16.8 Å². The van der Waals surface area contributed by atoms with E-state index in [0.29, 0.717) is 12.8 Å². The molecule has 2 unspecified atom stereocenters. The topological polar surface area (TPSA) is 103 Å².